The molecule has 0 amide bonds. The molecular weight excluding hydrogens is 208 g/mol. The predicted octanol–water partition coefficient (Wildman–Crippen LogP) is 0.930. The second-order valence-corrected chi connectivity index (χ2v) is 3.37. The molecule has 0 aliphatic carbocycles. The van der Waals surface area contributed by atoms with Gasteiger partial charge in [0.15, 0.2) is 0 Å². The number of nitrogens with zero attached hydrogens (tertiary/aromatic N) is 3. The minimum absolute atomic E-state index is 0.220. The van der Waals surface area contributed by atoms with Crippen molar-refractivity contribution in [3.05, 3.63) is 24.0 Å². The molecule has 6 nitrogen and oxygen atoms in total. The van der Waals surface area contributed by atoms with Crippen LogP contribution in [0, 0.1) is 13.8 Å². The molecule has 0 saturated heterocycles. The van der Waals surface area contributed by atoms with Crippen LogP contribution in [0.2, 0.25) is 0 Å². The Balaban J connectivity index is 2.81. The molecule has 2 N–H and O–H groups in total. The van der Waals surface area contributed by atoms with Gasteiger partial charge in [0, 0.05) is 0 Å². The van der Waals surface area contributed by atoms with Crippen molar-refractivity contribution in [1.82, 2.24) is 15.2 Å². The number of hydrogen-bond acceptors (Lipinski definition) is 5. The van der Waals surface area contributed by atoms with Gasteiger partial charge in [0.25, 0.3) is 0 Å². The number of carbonyl (C=O) groups is 1. The van der Waals surface area contributed by atoms with Gasteiger partial charge in [0.1, 0.15) is 6.04 Å². The summed E-state index contributed by atoms with van der Waals surface area (Å²) in [5.74, 6) is -0.751. The molecule has 1 rings (SSSR count). The molecule has 1 atom stereocenters. The van der Waals surface area contributed by atoms with Crippen molar-refractivity contribution in [3.63, 3.8) is 0 Å². The van der Waals surface area contributed by atoms with Gasteiger partial charge in [-0.1, -0.05) is 6.08 Å². The predicted molar refractivity (Wildman–Crippen MR) is 59.2 cm³/mol. The van der Waals surface area contributed by atoms with Gasteiger partial charge in [-0.25, -0.2) is 9.78 Å². The SMILES string of the molecule is C=CCC(Nc1nnc(C)c(C)n1)C(=O)O. The minimum atomic E-state index is -0.971. The van der Waals surface area contributed by atoms with E-state index in [-0.39, 0.29) is 5.95 Å². The van der Waals surface area contributed by atoms with Crippen molar-refractivity contribution in [2.24, 2.45) is 0 Å². The number of anilines is 1. The van der Waals surface area contributed by atoms with Gasteiger partial charge in [-0.2, -0.15) is 5.10 Å². The number of aryl methyl sites for hydroxylation is 2. The topological polar surface area (TPSA) is 88.0 Å². The highest BCUT2D eigenvalue weighted by Crippen LogP contribution is 2.05. The van der Waals surface area contributed by atoms with Gasteiger partial charge >= 0.3 is 5.97 Å². The fourth-order valence-electron chi connectivity index (χ4n) is 1.06. The molecule has 16 heavy (non-hydrogen) atoms. The average molecular weight is 222 g/mol. The number of aromatic nitrogens is 3. The first kappa shape index (κ1) is 12.1. The average Bonchev–Trinajstić information content (AvgIpc) is 2.22. The molecule has 0 spiro atoms. The highest BCUT2D eigenvalue weighted by atomic mass is 16.4. The Morgan fingerprint density at radius 1 is 1.50 bits per heavy atom. The second-order valence-electron chi connectivity index (χ2n) is 3.37. The first-order chi connectivity index (χ1) is 7.54. The summed E-state index contributed by atoms with van der Waals surface area (Å²) in [6.45, 7) is 7.08. The molecule has 0 radical (unpaired) electrons. The van der Waals surface area contributed by atoms with Crippen LogP contribution < -0.4 is 5.32 Å². The maximum absolute atomic E-state index is 10.9. The van der Waals surface area contributed by atoms with Crippen LogP contribution in [0.5, 0.6) is 0 Å². The van der Waals surface area contributed by atoms with Crippen LogP contribution in [0.3, 0.4) is 0 Å². The van der Waals surface area contributed by atoms with Crippen molar-refractivity contribution in [1.29, 1.82) is 0 Å². The Morgan fingerprint density at radius 3 is 2.69 bits per heavy atom. The lowest BCUT2D eigenvalue weighted by Gasteiger charge is -2.12. The summed E-state index contributed by atoms with van der Waals surface area (Å²) >= 11 is 0. The van der Waals surface area contributed by atoms with E-state index in [0.29, 0.717) is 6.42 Å². The molecule has 0 bridgehead atoms. The van der Waals surface area contributed by atoms with Crippen LogP contribution in [0.25, 0.3) is 0 Å². The fraction of sp³-hybridized carbons (Fsp3) is 0.400. The van der Waals surface area contributed by atoms with E-state index in [2.05, 4.69) is 27.1 Å². The number of aliphatic carboxylic acids is 1. The maximum Gasteiger partial charge on any atom is 0.326 e. The van der Waals surface area contributed by atoms with Crippen molar-refractivity contribution < 1.29 is 9.90 Å². The smallest absolute Gasteiger partial charge is 0.326 e. The van der Waals surface area contributed by atoms with Crippen LogP contribution >= 0.6 is 0 Å². The number of carboxylic acids is 1. The molecule has 6 heteroatoms. The molecule has 0 aromatic carbocycles. The lowest BCUT2D eigenvalue weighted by molar-refractivity contribution is -0.137. The van der Waals surface area contributed by atoms with Crippen molar-refractivity contribution in [2.45, 2.75) is 26.3 Å². The van der Waals surface area contributed by atoms with Crippen LogP contribution in [0.4, 0.5) is 5.95 Å². The quantitative estimate of drug-likeness (QED) is 0.720. The van der Waals surface area contributed by atoms with Gasteiger partial charge in [-0.3, -0.25) is 0 Å². The zero-order valence-corrected chi connectivity index (χ0v) is 9.27. The van der Waals surface area contributed by atoms with Crippen LogP contribution in [0.1, 0.15) is 17.8 Å². The van der Waals surface area contributed by atoms with E-state index < -0.39 is 12.0 Å². The Morgan fingerprint density at radius 2 is 2.19 bits per heavy atom. The van der Waals surface area contributed by atoms with E-state index in [1.54, 1.807) is 13.8 Å². The summed E-state index contributed by atoms with van der Waals surface area (Å²) < 4.78 is 0. The molecule has 1 aromatic rings. The highest BCUT2D eigenvalue weighted by Gasteiger charge is 2.16. The Bertz CT molecular complexity index is 406. The van der Waals surface area contributed by atoms with E-state index in [0.717, 1.165) is 11.4 Å². The molecule has 86 valence electrons. The number of hydrogen-bond donors (Lipinski definition) is 2. The Labute approximate surface area is 93.4 Å². The Hall–Kier alpha value is -1.98. The molecular formula is C10H14N4O2. The third kappa shape index (κ3) is 3.01. The third-order valence-electron chi connectivity index (χ3n) is 2.10. The standard InChI is InChI=1S/C10H14N4O2/c1-4-5-8(9(15)16)12-10-11-6(2)7(3)13-14-10/h4,8H,1,5H2,2-3H3,(H,15,16)(H,11,12,14). The first-order valence-electron chi connectivity index (χ1n) is 4.82. The van der Waals surface area contributed by atoms with E-state index in [9.17, 15) is 4.79 Å². The number of carboxylic acid groups (broad SMARTS) is 1. The Kier molecular flexibility index (Phi) is 3.93. The second kappa shape index (κ2) is 5.20. The summed E-state index contributed by atoms with van der Waals surface area (Å²) in [7, 11) is 0. The van der Waals surface area contributed by atoms with Gasteiger partial charge in [-0.05, 0) is 20.3 Å². The molecule has 1 heterocycles. The van der Waals surface area contributed by atoms with Crippen molar-refractivity contribution in [2.75, 3.05) is 5.32 Å². The van der Waals surface area contributed by atoms with E-state index in [1.165, 1.54) is 6.08 Å². The normalized spacial score (nSPS) is 11.9. The minimum Gasteiger partial charge on any atom is -0.480 e. The van der Waals surface area contributed by atoms with E-state index in [4.69, 9.17) is 5.11 Å². The third-order valence-corrected chi connectivity index (χ3v) is 2.10. The zero-order chi connectivity index (χ0) is 12.1. The number of nitrogens with one attached hydrogen (secondary N) is 1. The van der Waals surface area contributed by atoms with Crippen molar-refractivity contribution in [3.8, 4) is 0 Å². The van der Waals surface area contributed by atoms with Crippen LogP contribution in [0.15, 0.2) is 12.7 Å². The molecule has 0 aliphatic heterocycles. The van der Waals surface area contributed by atoms with E-state index in [1.807, 2.05) is 0 Å². The largest absolute Gasteiger partial charge is 0.480 e. The summed E-state index contributed by atoms with van der Waals surface area (Å²) in [6, 6.07) is -0.776. The van der Waals surface area contributed by atoms with Gasteiger partial charge < -0.3 is 10.4 Å². The molecule has 1 aromatic heterocycles. The maximum atomic E-state index is 10.9. The first-order valence-corrected chi connectivity index (χ1v) is 4.82. The molecule has 0 aliphatic rings. The van der Waals surface area contributed by atoms with Crippen LogP contribution in [-0.2, 0) is 4.79 Å². The summed E-state index contributed by atoms with van der Waals surface area (Å²) in [6.07, 6.45) is 1.83. The lowest BCUT2D eigenvalue weighted by Crippen LogP contribution is -2.29. The molecule has 0 saturated carbocycles. The van der Waals surface area contributed by atoms with Gasteiger partial charge in [-0.15, -0.1) is 11.7 Å². The van der Waals surface area contributed by atoms with Gasteiger partial charge in [0.05, 0.1) is 11.4 Å². The fourth-order valence-corrected chi connectivity index (χ4v) is 1.06. The zero-order valence-electron chi connectivity index (χ0n) is 9.27. The van der Waals surface area contributed by atoms with E-state index >= 15 is 0 Å². The molecule has 0 fully saturated rings. The lowest BCUT2D eigenvalue weighted by atomic mass is 10.2. The monoisotopic (exact) mass is 222 g/mol. The molecule has 1 unspecified atom stereocenters. The highest BCUT2D eigenvalue weighted by molar-refractivity contribution is 5.76. The summed E-state index contributed by atoms with van der Waals surface area (Å²) in [4.78, 5) is 15.0. The van der Waals surface area contributed by atoms with Crippen LogP contribution in [-0.4, -0.2) is 32.3 Å². The van der Waals surface area contributed by atoms with Crippen molar-refractivity contribution >= 4 is 11.9 Å². The summed E-state index contributed by atoms with van der Waals surface area (Å²) in [5.41, 5.74) is 1.45. The summed E-state index contributed by atoms with van der Waals surface area (Å²) in [5, 5.41) is 19.2. The number of rotatable bonds is 5. The van der Waals surface area contributed by atoms with Gasteiger partial charge in [0.2, 0.25) is 5.95 Å².